The molecule has 0 aromatic heterocycles. The summed E-state index contributed by atoms with van der Waals surface area (Å²) in [5.74, 6) is 0. The van der Waals surface area contributed by atoms with Crippen LogP contribution in [0.5, 0.6) is 0 Å². The third-order valence-corrected chi connectivity index (χ3v) is 6.20. The number of nitrogens with zero attached hydrogens (tertiary/aromatic N) is 1. The van der Waals surface area contributed by atoms with Crippen molar-refractivity contribution in [1.29, 1.82) is 0 Å². The van der Waals surface area contributed by atoms with E-state index in [9.17, 15) is 8.42 Å². The van der Waals surface area contributed by atoms with Gasteiger partial charge in [-0.3, -0.25) is 0 Å². The molecule has 0 N–H and O–H groups in total. The smallest absolute Gasteiger partial charge is 0.207 e. The lowest BCUT2D eigenvalue weighted by molar-refractivity contribution is 0.268. The van der Waals surface area contributed by atoms with Crippen LogP contribution in [0.4, 0.5) is 0 Å². The fourth-order valence-corrected chi connectivity index (χ4v) is 5.07. The van der Waals surface area contributed by atoms with Crippen molar-refractivity contribution in [2.75, 3.05) is 6.54 Å². The Morgan fingerprint density at radius 3 is 2.39 bits per heavy atom. The van der Waals surface area contributed by atoms with Gasteiger partial charge in [0.2, 0.25) is 10.0 Å². The highest BCUT2D eigenvalue weighted by atomic mass is 35.5. The predicted octanol–water partition coefficient (Wildman–Crippen LogP) is 3.56. The number of piperidine rings is 1. The van der Waals surface area contributed by atoms with Crippen LogP contribution in [0.2, 0.25) is 10.0 Å². The van der Waals surface area contributed by atoms with Crippen LogP contribution in [0.15, 0.2) is 23.1 Å². The summed E-state index contributed by atoms with van der Waals surface area (Å²) in [7, 11) is -3.60. The van der Waals surface area contributed by atoms with Crippen molar-refractivity contribution in [3.8, 4) is 0 Å². The van der Waals surface area contributed by atoms with Gasteiger partial charge in [0, 0.05) is 12.6 Å². The number of rotatable bonds is 2. The van der Waals surface area contributed by atoms with Gasteiger partial charge >= 0.3 is 0 Å². The molecule has 6 heteroatoms. The second kappa shape index (κ2) is 5.37. The maximum absolute atomic E-state index is 12.6. The Hall–Kier alpha value is -0.290. The van der Waals surface area contributed by atoms with Gasteiger partial charge < -0.3 is 0 Å². The lowest BCUT2D eigenvalue weighted by Gasteiger charge is -2.32. The van der Waals surface area contributed by atoms with E-state index in [2.05, 4.69) is 0 Å². The van der Waals surface area contributed by atoms with Crippen LogP contribution in [0.1, 0.15) is 26.2 Å². The van der Waals surface area contributed by atoms with E-state index in [0.717, 1.165) is 19.3 Å². The average Bonchev–Trinajstić information content (AvgIpc) is 2.28. The minimum atomic E-state index is -3.60. The van der Waals surface area contributed by atoms with Gasteiger partial charge in [-0.25, -0.2) is 8.42 Å². The Bertz CT molecular complexity index is 525. The zero-order valence-corrected chi connectivity index (χ0v) is 12.4. The Morgan fingerprint density at radius 1 is 1.22 bits per heavy atom. The number of benzene rings is 1. The van der Waals surface area contributed by atoms with Crippen molar-refractivity contribution in [2.45, 2.75) is 37.1 Å². The molecule has 1 aromatic carbocycles. The lowest BCUT2D eigenvalue weighted by atomic mass is 10.1. The molecule has 0 aliphatic carbocycles. The summed E-state index contributed by atoms with van der Waals surface area (Å²) < 4.78 is 26.7. The normalized spacial score (nSPS) is 22.1. The van der Waals surface area contributed by atoms with Gasteiger partial charge in [-0.05, 0) is 31.9 Å². The highest BCUT2D eigenvalue weighted by Crippen LogP contribution is 2.34. The fourth-order valence-electron chi connectivity index (χ4n) is 2.28. The van der Waals surface area contributed by atoms with E-state index in [1.165, 1.54) is 4.31 Å². The molecule has 3 nitrogen and oxygen atoms in total. The molecule has 1 saturated heterocycles. The van der Waals surface area contributed by atoms with Gasteiger partial charge in [0.05, 0.1) is 10.0 Å². The fraction of sp³-hybridized carbons (Fsp3) is 0.500. The maximum atomic E-state index is 12.6. The minimum absolute atomic E-state index is 0.00362. The van der Waals surface area contributed by atoms with E-state index < -0.39 is 10.0 Å². The molecule has 1 heterocycles. The first kappa shape index (κ1) is 14.1. The van der Waals surface area contributed by atoms with Crippen LogP contribution in [-0.2, 0) is 10.0 Å². The van der Waals surface area contributed by atoms with Gasteiger partial charge in [0.15, 0.2) is 0 Å². The summed E-state index contributed by atoms with van der Waals surface area (Å²) in [6, 6.07) is 4.74. The van der Waals surface area contributed by atoms with Gasteiger partial charge in [-0.15, -0.1) is 0 Å². The first-order valence-corrected chi connectivity index (χ1v) is 8.10. The predicted molar refractivity (Wildman–Crippen MR) is 73.7 cm³/mol. The SMILES string of the molecule is CC1CCCCN1S(=O)(=O)c1c(Cl)cccc1Cl. The molecule has 0 saturated carbocycles. The number of hydrogen-bond acceptors (Lipinski definition) is 2. The third kappa shape index (κ3) is 2.52. The Balaban J connectivity index is 2.48. The Kier molecular flexibility index (Phi) is 4.22. The van der Waals surface area contributed by atoms with Crippen molar-refractivity contribution in [1.82, 2.24) is 4.31 Å². The summed E-state index contributed by atoms with van der Waals surface area (Å²) >= 11 is 12.0. The number of sulfonamides is 1. The van der Waals surface area contributed by atoms with Crippen molar-refractivity contribution in [2.24, 2.45) is 0 Å². The van der Waals surface area contributed by atoms with E-state index >= 15 is 0 Å². The Morgan fingerprint density at radius 2 is 1.83 bits per heavy atom. The quantitative estimate of drug-likeness (QED) is 0.838. The van der Waals surface area contributed by atoms with E-state index in [1.54, 1.807) is 18.2 Å². The molecule has 0 bridgehead atoms. The molecular formula is C12H15Cl2NO2S. The van der Waals surface area contributed by atoms with Crippen molar-refractivity contribution < 1.29 is 8.42 Å². The second-order valence-electron chi connectivity index (χ2n) is 4.51. The van der Waals surface area contributed by atoms with Crippen molar-refractivity contribution in [3.63, 3.8) is 0 Å². The summed E-state index contributed by atoms with van der Waals surface area (Å²) in [6.45, 7) is 2.45. The molecule has 1 aromatic rings. The van der Waals surface area contributed by atoms with E-state index in [4.69, 9.17) is 23.2 Å². The summed E-state index contributed by atoms with van der Waals surface area (Å²) in [5, 5.41) is 0.362. The third-order valence-electron chi connectivity index (χ3n) is 3.23. The highest BCUT2D eigenvalue weighted by Gasteiger charge is 2.33. The highest BCUT2D eigenvalue weighted by molar-refractivity contribution is 7.89. The van der Waals surface area contributed by atoms with E-state index in [0.29, 0.717) is 6.54 Å². The molecule has 1 aliphatic rings. The van der Waals surface area contributed by atoms with Crippen LogP contribution in [0, 0.1) is 0 Å². The molecule has 2 rings (SSSR count). The van der Waals surface area contributed by atoms with Crippen molar-refractivity contribution >= 4 is 33.2 Å². The first-order chi connectivity index (χ1) is 8.44. The molecule has 1 fully saturated rings. The summed E-state index contributed by atoms with van der Waals surface area (Å²) in [4.78, 5) is 0.0297. The summed E-state index contributed by atoms with van der Waals surface area (Å²) in [5.41, 5.74) is 0. The second-order valence-corrected chi connectivity index (χ2v) is 7.15. The van der Waals surface area contributed by atoms with Gasteiger partial charge in [0.25, 0.3) is 0 Å². The molecule has 1 aliphatic heterocycles. The Labute approximate surface area is 118 Å². The number of halogens is 2. The average molecular weight is 308 g/mol. The van der Waals surface area contributed by atoms with Crippen LogP contribution >= 0.6 is 23.2 Å². The van der Waals surface area contributed by atoms with E-state index in [1.807, 2.05) is 6.92 Å². The maximum Gasteiger partial charge on any atom is 0.246 e. The van der Waals surface area contributed by atoms with Gasteiger partial charge in [0.1, 0.15) is 4.90 Å². The summed E-state index contributed by atoms with van der Waals surface area (Å²) in [6.07, 6.45) is 2.82. The van der Waals surface area contributed by atoms with Crippen LogP contribution in [-0.4, -0.2) is 25.3 Å². The molecule has 0 radical (unpaired) electrons. The zero-order chi connectivity index (χ0) is 13.3. The molecular weight excluding hydrogens is 293 g/mol. The first-order valence-electron chi connectivity index (χ1n) is 5.90. The molecule has 18 heavy (non-hydrogen) atoms. The molecule has 0 spiro atoms. The molecule has 0 amide bonds. The largest absolute Gasteiger partial charge is 0.246 e. The molecule has 1 unspecified atom stereocenters. The molecule has 100 valence electrons. The van der Waals surface area contributed by atoms with Gasteiger partial charge in [-0.1, -0.05) is 35.7 Å². The monoisotopic (exact) mass is 307 g/mol. The van der Waals surface area contributed by atoms with Crippen LogP contribution < -0.4 is 0 Å². The number of hydrogen-bond donors (Lipinski definition) is 0. The standard InChI is InChI=1S/C12H15Cl2NO2S/c1-9-5-2-3-8-15(9)18(16,17)12-10(13)6-4-7-11(12)14/h4,6-7,9H,2-3,5,8H2,1H3. The topological polar surface area (TPSA) is 37.4 Å². The van der Waals surface area contributed by atoms with Crippen LogP contribution in [0.3, 0.4) is 0 Å². The van der Waals surface area contributed by atoms with Crippen molar-refractivity contribution in [3.05, 3.63) is 28.2 Å². The minimum Gasteiger partial charge on any atom is -0.207 e. The zero-order valence-electron chi connectivity index (χ0n) is 10.1. The van der Waals surface area contributed by atoms with E-state index in [-0.39, 0.29) is 21.0 Å². The van der Waals surface area contributed by atoms with Gasteiger partial charge in [-0.2, -0.15) is 4.31 Å². The molecule has 1 atom stereocenters. The lowest BCUT2D eigenvalue weighted by Crippen LogP contribution is -2.42. The van der Waals surface area contributed by atoms with Crippen LogP contribution in [0.25, 0.3) is 0 Å².